The number of rotatable bonds is 18. The maximum atomic E-state index is 12.2. The highest BCUT2D eigenvalue weighted by atomic mass is 31.2. The van der Waals surface area contributed by atoms with Crippen LogP contribution in [0.25, 0.3) is 0 Å². The molecule has 24 heavy (non-hydrogen) atoms. The second-order valence-corrected chi connectivity index (χ2v) is 7.53. The first-order valence-corrected chi connectivity index (χ1v) is 10.9. The molecule has 5 nitrogen and oxygen atoms in total. The fourth-order valence-corrected chi connectivity index (χ4v) is 2.85. The molecule has 0 heterocycles. The minimum atomic E-state index is -5.01. The maximum Gasteiger partial charge on any atom is 0.510 e. The van der Waals surface area contributed by atoms with Crippen LogP contribution >= 0.6 is 7.91 Å². The molecule has 0 saturated carbocycles. The second-order valence-electron chi connectivity index (χ2n) is 6.37. The quantitative estimate of drug-likeness (QED) is 0.258. The van der Waals surface area contributed by atoms with Crippen molar-refractivity contribution in [2.75, 3.05) is 19.8 Å². The largest absolute Gasteiger partial charge is 0.510 e. The molecule has 0 bridgehead atoms. The number of halogens is 1. The molecule has 0 aliphatic carbocycles. The van der Waals surface area contributed by atoms with E-state index in [0.29, 0.717) is 6.61 Å². The van der Waals surface area contributed by atoms with Gasteiger partial charge in [0.15, 0.2) is 0 Å². The summed E-state index contributed by atoms with van der Waals surface area (Å²) in [6.07, 6.45) is 14.2. The van der Waals surface area contributed by atoms with E-state index in [9.17, 15) is 13.9 Å². The molecule has 2 unspecified atom stereocenters. The Morgan fingerprint density at radius 1 is 0.875 bits per heavy atom. The van der Waals surface area contributed by atoms with Crippen LogP contribution in [0.1, 0.15) is 84.0 Å². The summed E-state index contributed by atoms with van der Waals surface area (Å²) in [4.78, 5) is 8.28. The van der Waals surface area contributed by atoms with Crippen LogP contribution in [-0.2, 0) is 13.8 Å². The molecule has 0 aromatic rings. The summed E-state index contributed by atoms with van der Waals surface area (Å²) in [6.45, 7) is 2.21. The van der Waals surface area contributed by atoms with E-state index in [-0.39, 0.29) is 6.61 Å². The van der Waals surface area contributed by atoms with Gasteiger partial charge in [0.1, 0.15) is 6.10 Å². The predicted octanol–water partition coefficient (Wildman–Crippen LogP) is 5.15. The SMILES string of the molecule is CCCCCCCCCCCCCCOCC(O)COP(=O)(O)F. The van der Waals surface area contributed by atoms with Crippen LogP contribution < -0.4 is 0 Å². The zero-order valence-corrected chi connectivity index (χ0v) is 16.0. The molecule has 0 aliphatic heterocycles. The zero-order chi connectivity index (χ0) is 18.1. The summed E-state index contributed by atoms with van der Waals surface area (Å²) < 4.78 is 31.6. The molecule has 0 amide bonds. The normalized spacial score (nSPS) is 15.3. The molecule has 2 N–H and O–H groups in total. The molecule has 0 rings (SSSR count). The second kappa shape index (κ2) is 16.5. The van der Waals surface area contributed by atoms with E-state index in [1.807, 2.05) is 0 Å². The Morgan fingerprint density at radius 2 is 1.33 bits per heavy atom. The van der Waals surface area contributed by atoms with Gasteiger partial charge in [-0.3, -0.25) is 9.42 Å². The van der Waals surface area contributed by atoms with Gasteiger partial charge < -0.3 is 9.84 Å². The third kappa shape index (κ3) is 20.0. The van der Waals surface area contributed by atoms with Crippen molar-refractivity contribution in [3.05, 3.63) is 0 Å². The van der Waals surface area contributed by atoms with Gasteiger partial charge in [-0.2, -0.15) is 0 Å². The Kier molecular flexibility index (Phi) is 16.5. The smallest absolute Gasteiger partial charge is 0.388 e. The standard InChI is InChI=1S/C17H36FO5P/c1-2-3-4-5-6-7-8-9-10-11-12-13-14-22-15-17(19)16-23-24(18,20)21/h17,19H,2-16H2,1H3,(H,20,21). The van der Waals surface area contributed by atoms with Crippen molar-refractivity contribution in [3.63, 3.8) is 0 Å². The zero-order valence-electron chi connectivity index (χ0n) is 15.1. The Labute approximate surface area is 146 Å². The summed E-state index contributed by atoms with van der Waals surface area (Å²) in [6, 6.07) is 0. The van der Waals surface area contributed by atoms with Gasteiger partial charge in [0.25, 0.3) is 0 Å². The highest BCUT2D eigenvalue weighted by Crippen LogP contribution is 2.43. The monoisotopic (exact) mass is 370 g/mol. The van der Waals surface area contributed by atoms with Crippen molar-refractivity contribution in [1.29, 1.82) is 0 Å². The average molecular weight is 370 g/mol. The van der Waals surface area contributed by atoms with Crippen molar-refractivity contribution in [1.82, 2.24) is 0 Å². The lowest BCUT2D eigenvalue weighted by Crippen LogP contribution is -2.21. The van der Waals surface area contributed by atoms with Crippen LogP contribution in [-0.4, -0.2) is 35.9 Å². The number of unbranched alkanes of at least 4 members (excludes halogenated alkanes) is 11. The Balaban J connectivity index is 3.16. The molecular weight excluding hydrogens is 334 g/mol. The first kappa shape index (κ1) is 24.0. The van der Waals surface area contributed by atoms with Gasteiger partial charge in [-0.25, -0.2) is 4.57 Å². The van der Waals surface area contributed by atoms with E-state index in [2.05, 4.69) is 11.4 Å². The minimum absolute atomic E-state index is 0.0158. The van der Waals surface area contributed by atoms with Crippen LogP contribution in [0.4, 0.5) is 4.20 Å². The van der Waals surface area contributed by atoms with E-state index < -0.39 is 20.6 Å². The van der Waals surface area contributed by atoms with Gasteiger partial charge in [0.2, 0.25) is 0 Å². The van der Waals surface area contributed by atoms with E-state index in [4.69, 9.17) is 9.63 Å². The Morgan fingerprint density at radius 3 is 1.79 bits per heavy atom. The van der Waals surface area contributed by atoms with Crippen molar-refractivity contribution in [2.45, 2.75) is 90.1 Å². The molecule has 0 aliphatic rings. The number of ether oxygens (including phenoxy) is 1. The average Bonchev–Trinajstić information content (AvgIpc) is 2.52. The van der Waals surface area contributed by atoms with Gasteiger partial charge in [0, 0.05) is 6.61 Å². The lowest BCUT2D eigenvalue weighted by Gasteiger charge is -2.11. The lowest BCUT2D eigenvalue weighted by atomic mass is 10.1. The molecule has 0 saturated heterocycles. The third-order valence-corrected chi connectivity index (χ3v) is 4.35. The minimum Gasteiger partial charge on any atom is -0.388 e. The van der Waals surface area contributed by atoms with Crippen LogP contribution in [0.3, 0.4) is 0 Å². The molecular formula is C17H36FO5P. The molecule has 146 valence electrons. The summed E-state index contributed by atoms with van der Waals surface area (Å²) in [5, 5.41) is 9.35. The van der Waals surface area contributed by atoms with E-state index in [1.165, 1.54) is 64.2 Å². The summed E-state index contributed by atoms with van der Waals surface area (Å²) in [5.41, 5.74) is 0. The first-order valence-electron chi connectivity index (χ1n) is 9.38. The molecule has 0 aromatic heterocycles. The topological polar surface area (TPSA) is 76.0 Å². The summed E-state index contributed by atoms with van der Waals surface area (Å²) in [7, 11) is -5.01. The molecule has 0 radical (unpaired) electrons. The highest BCUT2D eigenvalue weighted by Gasteiger charge is 2.19. The van der Waals surface area contributed by atoms with Crippen LogP contribution in [0.5, 0.6) is 0 Å². The van der Waals surface area contributed by atoms with Crippen molar-refractivity contribution >= 4 is 7.91 Å². The van der Waals surface area contributed by atoms with E-state index in [1.54, 1.807) is 0 Å². The molecule has 7 heteroatoms. The van der Waals surface area contributed by atoms with Gasteiger partial charge in [-0.15, -0.1) is 4.20 Å². The van der Waals surface area contributed by atoms with E-state index >= 15 is 0 Å². The van der Waals surface area contributed by atoms with Crippen molar-refractivity contribution in [2.24, 2.45) is 0 Å². The number of hydrogen-bond donors (Lipinski definition) is 2. The molecule has 0 spiro atoms. The first-order chi connectivity index (χ1) is 11.5. The van der Waals surface area contributed by atoms with Gasteiger partial charge >= 0.3 is 7.91 Å². The van der Waals surface area contributed by atoms with Crippen molar-refractivity contribution < 1.29 is 28.0 Å². The van der Waals surface area contributed by atoms with Crippen LogP contribution in [0.2, 0.25) is 0 Å². The Hall–Kier alpha value is -0.0000000000000000278. The van der Waals surface area contributed by atoms with E-state index in [0.717, 1.165) is 12.8 Å². The van der Waals surface area contributed by atoms with Crippen LogP contribution in [0.15, 0.2) is 0 Å². The molecule has 2 atom stereocenters. The predicted molar refractivity (Wildman–Crippen MR) is 94.8 cm³/mol. The third-order valence-electron chi connectivity index (χ3n) is 3.88. The van der Waals surface area contributed by atoms with Crippen molar-refractivity contribution in [3.8, 4) is 0 Å². The molecule has 0 aromatic carbocycles. The number of hydrogen-bond acceptors (Lipinski definition) is 4. The number of aliphatic hydroxyl groups is 1. The molecule has 0 fully saturated rings. The maximum absolute atomic E-state index is 12.2. The Bertz CT molecular complexity index is 311. The summed E-state index contributed by atoms with van der Waals surface area (Å²) in [5.74, 6) is 0. The summed E-state index contributed by atoms with van der Waals surface area (Å²) >= 11 is 0. The fraction of sp³-hybridized carbons (Fsp3) is 1.00. The highest BCUT2D eigenvalue weighted by molar-refractivity contribution is 7.46. The lowest BCUT2D eigenvalue weighted by molar-refractivity contribution is 0.00667. The van der Waals surface area contributed by atoms with Crippen LogP contribution in [0, 0.1) is 0 Å². The fourth-order valence-electron chi connectivity index (χ4n) is 2.49. The van der Waals surface area contributed by atoms with Gasteiger partial charge in [0.05, 0.1) is 13.2 Å². The number of aliphatic hydroxyl groups excluding tert-OH is 1. The van der Waals surface area contributed by atoms with Gasteiger partial charge in [-0.1, -0.05) is 77.6 Å². The van der Waals surface area contributed by atoms with Gasteiger partial charge in [-0.05, 0) is 6.42 Å².